The van der Waals surface area contributed by atoms with Gasteiger partial charge in [0.05, 0.1) is 5.69 Å². The number of aromatic nitrogens is 3. The summed E-state index contributed by atoms with van der Waals surface area (Å²) in [6.07, 6.45) is 8.60. The van der Waals surface area contributed by atoms with Crippen LogP contribution in [0.3, 0.4) is 0 Å². The Morgan fingerprint density at radius 2 is 1.94 bits per heavy atom. The second-order valence-electron chi connectivity index (χ2n) is 9.18. The number of carbonyl (C=O) groups excluding carboxylic acids is 2. The lowest BCUT2D eigenvalue weighted by Gasteiger charge is -2.22. The van der Waals surface area contributed by atoms with Gasteiger partial charge in [0, 0.05) is 55.3 Å². The molecule has 168 valence electrons. The van der Waals surface area contributed by atoms with E-state index in [-0.39, 0.29) is 17.7 Å². The van der Waals surface area contributed by atoms with E-state index in [1.165, 1.54) is 19.3 Å². The third kappa shape index (κ3) is 4.75. The summed E-state index contributed by atoms with van der Waals surface area (Å²) in [6.45, 7) is 7.54. The minimum absolute atomic E-state index is 0.138. The van der Waals surface area contributed by atoms with Gasteiger partial charge < -0.3 is 10.2 Å². The van der Waals surface area contributed by atoms with Crippen molar-refractivity contribution in [1.29, 1.82) is 0 Å². The molecule has 7 heteroatoms. The topological polar surface area (TPSA) is 79.6 Å². The van der Waals surface area contributed by atoms with Crippen LogP contribution in [-0.2, 0) is 16.0 Å². The maximum Gasteiger partial charge on any atom is 0.222 e. The summed E-state index contributed by atoms with van der Waals surface area (Å²) in [5.41, 5.74) is 4.99. The Hall–Kier alpha value is -2.44. The molecule has 0 radical (unpaired) electrons. The highest BCUT2D eigenvalue weighted by molar-refractivity contribution is 5.77. The van der Waals surface area contributed by atoms with E-state index in [1.54, 1.807) is 0 Å². The number of hydrogen-bond acceptors (Lipinski definition) is 4. The highest BCUT2D eigenvalue weighted by Gasteiger charge is 2.29. The molecule has 1 atom stereocenters. The van der Waals surface area contributed by atoms with Crippen LogP contribution in [0, 0.1) is 13.8 Å². The molecule has 31 heavy (non-hydrogen) atoms. The summed E-state index contributed by atoms with van der Waals surface area (Å²) >= 11 is 0. The number of rotatable bonds is 6. The molecular formula is C24H35N5O2. The third-order valence-corrected chi connectivity index (χ3v) is 7.02. The van der Waals surface area contributed by atoms with Crippen LogP contribution in [-0.4, -0.2) is 50.4 Å². The van der Waals surface area contributed by atoms with E-state index in [9.17, 15) is 9.59 Å². The van der Waals surface area contributed by atoms with Gasteiger partial charge in [0.15, 0.2) is 5.65 Å². The van der Waals surface area contributed by atoms with E-state index in [1.807, 2.05) is 23.3 Å². The van der Waals surface area contributed by atoms with Gasteiger partial charge in [0.1, 0.15) is 0 Å². The number of amides is 2. The molecule has 1 saturated heterocycles. The summed E-state index contributed by atoms with van der Waals surface area (Å²) in [5.74, 6) is 0.616. The van der Waals surface area contributed by atoms with Crippen LogP contribution in [0.15, 0.2) is 6.07 Å². The van der Waals surface area contributed by atoms with Crippen LogP contribution in [0.25, 0.3) is 5.65 Å². The van der Waals surface area contributed by atoms with Gasteiger partial charge in [0.25, 0.3) is 0 Å². The van der Waals surface area contributed by atoms with E-state index >= 15 is 0 Å². The van der Waals surface area contributed by atoms with Crippen LogP contribution >= 0.6 is 0 Å². The van der Waals surface area contributed by atoms with Gasteiger partial charge in [-0.1, -0.05) is 26.2 Å². The Labute approximate surface area is 184 Å². The Morgan fingerprint density at radius 3 is 2.68 bits per heavy atom. The maximum absolute atomic E-state index is 12.5. The third-order valence-electron chi connectivity index (χ3n) is 7.02. The molecular weight excluding hydrogens is 390 g/mol. The Morgan fingerprint density at radius 1 is 1.16 bits per heavy atom. The molecule has 2 aliphatic rings. The second kappa shape index (κ2) is 9.37. The van der Waals surface area contributed by atoms with Crippen molar-refractivity contribution in [1.82, 2.24) is 24.8 Å². The Bertz CT molecular complexity index is 961. The van der Waals surface area contributed by atoms with E-state index in [2.05, 4.69) is 18.3 Å². The van der Waals surface area contributed by atoms with Crippen LogP contribution < -0.4 is 5.32 Å². The van der Waals surface area contributed by atoms with Crippen molar-refractivity contribution in [2.45, 2.75) is 90.5 Å². The van der Waals surface area contributed by atoms with Gasteiger partial charge in [-0.2, -0.15) is 5.10 Å². The van der Waals surface area contributed by atoms with Gasteiger partial charge in [0.2, 0.25) is 11.8 Å². The molecule has 0 bridgehead atoms. The fraction of sp³-hybridized carbons (Fsp3) is 0.667. The maximum atomic E-state index is 12.5. The zero-order valence-corrected chi connectivity index (χ0v) is 19.1. The Balaban J connectivity index is 1.45. The van der Waals surface area contributed by atoms with Gasteiger partial charge in [-0.3, -0.25) is 9.59 Å². The number of carbonyl (C=O) groups is 2. The molecule has 1 aliphatic heterocycles. The van der Waals surface area contributed by atoms with Crippen molar-refractivity contribution < 1.29 is 9.59 Å². The molecule has 0 spiro atoms. The monoisotopic (exact) mass is 425 g/mol. The zero-order chi connectivity index (χ0) is 22.0. The van der Waals surface area contributed by atoms with Crippen molar-refractivity contribution >= 4 is 17.5 Å². The molecule has 0 aromatic carbocycles. The molecule has 3 heterocycles. The SMILES string of the molecule is CCC(=O)N1CC[C@@H](c2cc3nc(C)c(CCC(=O)NC4CCCCC4)c(C)n3n2)C1. The number of aryl methyl sites for hydroxylation is 2. The standard InChI is InChI=1S/C24H35N5O2/c1-4-24(31)28-13-12-18(15-28)21-14-22-25-16(2)20(17(3)29(22)27-21)10-11-23(30)26-19-8-6-5-7-9-19/h14,18-19H,4-13,15H2,1-3H3,(H,26,30)/t18-/m1/s1. The van der Waals surface area contributed by atoms with Crippen LogP contribution in [0.5, 0.6) is 0 Å². The predicted octanol–water partition coefficient (Wildman–Crippen LogP) is 3.45. The van der Waals surface area contributed by atoms with E-state index in [0.717, 1.165) is 60.6 Å². The first-order valence-electron chi connectivity index (χ1n) is 11.9. The van der Waals surface area contributed by atoms with Crippen molar-refractivity contribution in [2.75, 3.05) is 13.1 Å². The van der Waals surface area contributed by atoms with Crippen molar-refractivity contribution in [3.63, 3.8) is 0 Å². The first-order valence-corrected chi connectivity index (χ1v) is 11.9. The molecule has 4 rings (SSSR count). The van der Waals surface area contributed by atoms with E-state index < -0.39 is 0 Å². The minimum atomic E-state index is 0.138. The van der Waals surface area contributed by atoms with E-state index in [0.29, 0.717) is 25.3 Å². The van der Waals surface area contributed by atoms with Crippen LogP contribution in [0.1, 0.15) is 86.9 Å². The molecule has 2 fully saturated rings. The van der Waals surface area contributed by atoms with Gasteiger partial charge in [-0.15, -0.1) is 0 Å². The fourth-order valence-corrected chi connectivity index (χ4v) is 5.14. The predicted molar refractivity (Wildman–Crippen MR) is 120 cm³/mol. The quantitative estimate of drug-likeness (QED) is 0.769. The van der Waals surface area contributed by atoms with Crippen molar-refractivity contribution in [3.8, 4) is 0 Å². The zero-order valence-electron chi connectivity index (χ0n) is 19.1. The smallest absolute Gasteiger partial charge is 0.222 e. The highest BCUT2D eigenvalue weighted by atomic mass is 16.2. The average Bonchev–Trinajstić information content (AvgIpc) is 3.41. The molecule has 1 aliphatic carbocycles. The summed E-state index contributed by atoms with van der Waals surface area (Å²) in [4.78, 5) is 31.2. The van der Waals surface area contributed by atoms with E-state index in [4.69, 9.17) is 10.1 Å². The number of likely N-dealkylation sites (tertiary alicyclic amines) is 1. The lowest BCUT2D eigenvalue weighted by molar-refractivity contribution is -0.129. The molecule has 2 aromatic rings. The second-order valence-corrected chi connectivity index (χ2v) is 9.18. The summed E-state index contributed by atoms with van der Waals surface area (Å²) in [7, 11) is 0. The number of fused-ring (bicyclic) bond motifs is 1. The number of nitrogens with zero attached hydrogens (tertiary/aromatic N) is 4. The first kappa shape index (κ1) is 21.8. The average molecular weight is 426 g/mol. The minimum Gasteiger partial charge on any atom is -0.353 e. The molecule has 2 amide bonds. The van der Waals surface area contributed by atoms with Gasteiger partial charge >= 0.3 is 0 Å². The summed E-state index contributed by atoms with van der Waals surface area (Å²) < 4.78 is 1.92. The molecule has 1 N–H and O–H groups in total. The van der Waals surface area contributed by atoms with Crippen molar-refractivity contribution in [3.05, 3.63) is 28.7 Å². The Kier molecular flexibility index (Phi) is 6.58. The number of hydrogen-bond donors (Lipinski definition) is 1. The van der Waals surface area contributed by atoms with Gasteiger partial charge in [-0.25, -0.2) is 9.50 Å². The summed E-state index contributed by atoms with van der Waals surface area (Å²) in [5, 5.41) is 8.06. The summed E-state index contributed by atoms with van der Waals surface area (Å²) in [6, 6.07) is 2.41. The molecule has 1 saturated carbocycles. The van der Waals surface area contributed by atoms with Gasteiger partial charge in [-0.05, 0) is 45.1 Å². The molecule has 2 aromatic heterocycles. The highest BCUT2D eigenvalue weighted by Crippen LogP contribution is 2.28. The molecule has 7 nitrogen and oxygen atoms in total. The largest absolute Gasteiger partial charge is 0.353 e. The lowest BCUT2D eigenvalue weighted by Crippen LogP contribution is -2.36. The lowest BCUT2D eigenvalue weighted by atomic mass is 9.95. The first-order chi connectivity index (χ1) is 15.0. The molecule has 0 unspecified atom stereocenters. The fourth-order valence-electron chi connectivity index (χ4n) is 5.14. The normalized spacial score (nSPS) is 19.8. The number of nitrogens with one attached hydrogen (secondary N) is 1. The van der Waals surface area contributed by atoms with Crippen LogP contribution in [0.2, 0.25) is 0 Å². The van der Waals surface area contributed by atoms with Crippen LogP contribution in [0.4, 0.5) is 0 Å². The van der Waals surface area contributed by atoms with Crippen molar-refractivity contribution in [2.24, 2.45) is 0 Å².